The first kappa shape index (κ1) is 16.3. The van der Waals surface area contributed by atoms with Crippen molar-refractivity contribution >= 4 is 12.4 Å². The van der Waals surface area contributed by atoms with Crippen LogP contribution in [0.4, 0.5) is 12.9 Å². The van der Waals surface area contributed by atoms with Gasteiger partial charge in [0.1, 0.15) is 6.61 Å². The maximum Gasteiger partial charge on any atom is 1.00 e. The summed E-state index contributed by atoms with van der Waals surface area (Å²) in [6, 6.07) is 5.19. The van der Waals surface area contributed by atoms with Crippen molar-refractivity contribution in [2.45, 2.75) is 6.92 Å². The van der Waals surface area contributed by atoms with E-state index in [1.807, 2.05) is 0 Å². The van der Waals surface area contributed by atoms with E-state index in [1.54, 1.807) is 6.92 Å². The van der Waals surface area contributed by atoms with Crippen LogP contribution in [0.25, 0.3) is 0 Å². The smallest absolute Gasteiger partial charge is 0.492 e. The van der Waals surface area contributed by atoms with E-state index in [4.69, 9.17) is 4.74 Å². The maximum absolute atomic E-state index is 12.5. The Morgan fingerprint density at radius 3 is 2.38 bits per heavy atom. The number of rotatable bonds is 4. The van der Waals surface area contributed by atoms with Crippen LogP contribution in [0, 0.1) is 0 Å². The first-order chi connectivity index (χ1) is 6.91. The second-order valence-corrected chi connectivity index (χ2v) is 3.36. The van der Waals surface area contributed by atoms with Crippen LogP contribution in [-0.2, 0) is 0 Å². The molecule has 1 rings (SSSR count). The van der Waals surface area contributed by atoms with Gasteiger partial charge in [-0.2, -0.15) is 0 Å². The van der Waals surface area contributed by atoms with Crippen molar-refractivity contribution in [1.82, 2.24) is 0 Å². The van der Waals surface area contributed by atoms with Gasteiger partial charge in [0.15, 0.2) is 0 Å². The van der Waals surface area contributed by atoms with Gasteiger partial charge in [-0.1, -0.05) is 30.2 Å². The Labute approximate surface area is 136 Å². The van der Waals surface area contributed by atoms with Crippen molar-refractivity contribution in [3.05, 3.63) is 36.4 Å². The summed E-state index contributed by atoms with van der Waals surface area (Å²) in [4.78, 5) is 0. The Bertz CT molecular complexity index is 365. The van der Waals surface area contributed by atoms with E-state index in [0.717, 1.165) is 6.07 Å². The minimum atomic E-state index is -5.02. The van der Waals surface area contributed by atoms with Crippen LogP contribution in [0.15, 0.2) is 36.4 Å². The molecule has 1 aromatic carbocycles. The molecule has 0 N–H and O–H groups in total. The van der Waals surface area contributed by atoms with Crippen LogP contribution in [0.3, 0.4) is 0 Å². The fraction of sp³-hybridized carbons (Fsp3) is 0.200. The summed E-state index contributed by atoms with van der Waals surface area (Å²) in [5.41, 5.74) is -0.0155. The molecule has 0 radical (unpaired) electrons. The second-order valence-electron chi connectivity index (χ2n) is 3.36. The predicted octanol–water partition coefficient (Wildman–Crippen LogP) is -0.300. The van der Waals surface area contributed by atoms with Crippen molar-refractivity contribution in [2.24, 2.45) is 0 Å². The predicted molar refractivity (Wildman–Crippen MR) is 55.5 cm³/mol. The Kier molecular flexibility index (Phi) is 6.97. The van der Waals surface area contributed by atoms with Crippen LogP contribution in [0.5, 0.6) is 5.75 Å². The third-order valence-corrected chi connectivity index (χ3v) is 1.75. The van der Waals surface area contributed by atoms with E-state index in [1.165, 1.54) is 18.2 Å². The third kappa shape index (κ3) is 5.05. The summed E-state index contributed by atoms with van der Waals surface area (Å²) in [6.45, 7) is 0.334. The normalized spacial score (nSPS) is 10.5. The Hall–Kier alpha value is 0.251. The van der Waals surface area contributed by atoms with Crippen LogP contribution in [0.2, 0.25) is 0 Å². The van der Waals surface area contributed by atoms with Crippen molar-refractivity contribution in [1.29, 1.82) is 0 Å². The molecule has 6 heteroatoms. The molecule has 1 aromatic rings. The molecule has 0 unspecified atom stereocenters. The number of halogens is 3. The van der Waals surface area contributed by atoms with E-state index in [-0.39, 0.29) is 63.7 Å². The summed E-state index contributed by atoms with van der Waals surface area (Å²) in [5.74, 6) is -0.131. The van der Waals surface area contributed by atoms with Gasteiger partial charge in [-0.15, -0.1) is 0 Å². The summed E-state index contributed by atoms with van der Waals surface area (Å²) < 4.78 is 42.6. The summed E-state index contributed by atoms with van der Waals surface area (Å²) in [7, 11) is 0. The van der Waals surface area contributed by atoms with Crippen molar-refractivity contribution in [3.63, 3.8) is 0 Å². The SMILES string of the molecule is C=C(C)COc1ccccc1[B-](F)(F)F.[K+]. The molecule has 0 amide bonds. The van der Waals surface area contributed by atoms with Crippen LogP contribution in [-0.4, -0.2) is 13.6 Å². The number of ether oxygens (including phenoxy) is 1. The van der Waals surface area contributed by atoms with Gasteiger partial charge >= 0.3 is 58.4 Å². The van der Waals surface area contributed by atoms with Gasteiger partial charge in [-0.3, -0.25) is 0 Å². The first-order valence-electron chi connectivity index (χ1n) is 4.47. The number of hydrogen-bond acceptors (Lipinski definition) is 1. The Balaban J connectivity index is 0.00000225. The fourth-order valence-electron chi connectivity index (χ4n) is 1.08. The molecule has 0 spiro atoms. The standard InChI is InChI=1S/C10H11BF3O.K/c1-8(2)7-15-10-6-4-3-5-9(10)11(12,13)14;/h3-6H,1,7H2,2H3;/q-1;+1. The zero-order valence-corrected chi connectivity index (χ0v) is 12.5. The Morgan fingerprint density at radius 2 is 1.88 bits per heavy atom. The zero-order chi connectivity index (χ0) is 11.5. The van der Waals surface area contributed by atoms with Crippen molar-refractivity contribution in [2.75, 3.05) is 6.61 Å². The molecular weight excluding hydrogens is 243 g/mol. The van der Waals surface area contributed by atoms with Crippen molar-refractivity contribution in [3.8, 4) is 5.75 Å². The van der Waals surface area contributed by atoms with E-state index in [9.17, 15) is 12.9 Å². The molecule has 16 heavy (non-hydrogen) atoms. The minimum absolute atomic E-state index is 0. The van der Waals surface area contributed by atoms with Gasteiger partial charge < -0.3 is 17.7 Å². The molecule has 0 fully saturated rings. The van der Waals surface area contributed by atoms with Gasteiger partial charge in [0.25, 0.3) is 0 Å². The molecule has 0 aromatic heterocycles. The van der Waals surface area contributed by atoms with E-state index in [2.05, 4.69) is 6.58 Å². The average Bonchev–Trinajstić information content (AvgIpc) is 2.13. The van der Waals surface area contributed by atoms with Crippen LogP contribution >= 0.6 is 0 Å². The molecule has 0 heterocycles. The van der Waals surface area contributed by atoms with E-state index in [0.29, 0.717) is 5.57 Å². The summed E-state index contributed by atoms with van der Waals surface area (Å²) >= 11 is 0. The third-order valence-electron chi connectivity index (χ3n) is 1.75. The molecule has 0 aliphatic rings. The number of para-hydroxylation sites is 1. The van der Waals surface area contributed by atoms with Gasteiger partial charge in [0, 0.05) is 0 Å². The van der Waals surface area contributed by atoms with E-state index < -0.39 is 12.4 Å². The quantitative estimate of drug-likeness (QED) is 0.529. The summed E-state index contributed by atoms with van der Waals surface area (Å²) in [5, 5.41) is 0. The Morgan fingerprint density at radius 1 is 1.31 bits per heavy atom. The summed E-state index contributed by atoms with van der Waals surface area (Å²) in [6.07, 6.45) is 0. The molecule has 0 aliphatic carbocycles. The molecule has 0 bridgehead atoms. The minimum Gasteiger partial charge on any atom is -0.492 e. The van der Waals surface area contributed by atoms with Crippen molar-refractivity contribution < 1.29 is 69.1 Å². The average molecular weight is 254 g/mol. The molecule has 1 nitrogen and oxygen atoms in total. The molecular formula is C10H11BF3KO. The van der Waals surface area contributed by atoms with Gasteiger partial charge in [0.2, 0.25) is 0 Å². The number of hydrogen-bond donors (Lipinski definition) is 0. The molecule has 0 aliphatic heterocycles. The molecule has 82 valence electrons. The van der Waals surface area contributed by atoms with Gasteiger partial charge in [-0.25, -0.2) is 0 Å². The molecule has 0 atom stereocenters. The van der Waals surface area contributed by atoms with Crippen LogP contribution < -0.4 is 61.6 Å². The number of benzene rings is 1. The maximum atomic E-state index is 12.5. The fourth-order valence-corrected chi connectivity index (χ4v) is 1.08. The second kappa shape index (κ2) is 6.86. The van der Waals surface area contributed by atoms with E-state index >= 15 is 0 Å². The molecule has 0 saturated heterocycles. The monoisotopic (exact) mass is 254 g/mol. The van der Waals surface area contributed by atoms with Gasteiger partial charge in [0.05, 0.1) is 5.75 Å². The van der Waals surface area contributed by atoms with Crippen LogP contribution in [0.1, 0.15) is 6.92 Å². The topological polar surface area (TPSA) is 9.23 Å². The van der Waals surface area contributed by atoms with Gasteiger partial charge in [-0.05, 0) is 18.6 Å². The first-order valence-corrected chi connectivity index (χ1v) is 4.47. The molecule has 0 saturated carbocycles. The zero-order valence-electron chi connectivity index (χ0n) is 9.34. The largest absolute Gasteiger partial charge is 1.00 e.